The van der Waals surface area contributed by atoms with E-state index in [1.54, 1.807) is 12.1 Å². The molecule has 66 valence electrons. The molecule has 0 aliphatic carbocycles. The summed E-state index contributed by atoms with van der Waals surface area (Å²) in [6, 6.07) is 2.83. The summed E-state index contributed by atoms with van der Waals surface area (Å²) < 4.78 is 24.9. The topological polar surface area (TPSA) is 26.0 Å². The normalized spacial score (nSPS) is 11.7. The molecule has 1 aromatic rings. The Morgan fingerprint density at radius 2 is 1.75 bits per heavy atom. The van der Waals surface area contributed by atoms with E-state index in [1.807, 2.05) is 6.92 Å². The SMILES string of the molecule is CCc1ccc(C(N)(F)F)cc1. The lowest BCUT2D eigenvalue weighted by Crippen LogP contribution is -2.24. The standard InChI is InChI=1S/C9H11F2N/c1-2-7-3-5-8(6-4-7)9(10,11)12/h3-6H,2,12H2,1H3. The molecule has 0 saturated carbocycles. The average molecular weight is 171 g/mol. The van der Waals surface area contributed by atoms with Crippen molar-refractivity contribution in [3.05, 3.63) is 35.4 Å². The molecule has 0 aliphatic rings. The quantitative estimate of drug-likeness (QED) is 0.678. The van der Waals surface area contributed by atoms with E-state index < -0.39 is 6.05 Å². The molecular weight excluding hydrogens is 160 g/mol. The molecule has 0 aromatic heterocycles. The van der Waals surface area contributed by atoms with Gasteiger partial charge in [0.1, 0.15) is 0 Å². The Hall–Kier alpha value is -0.960. The Balaban J connectivity index is 2.93. The second-order valence-corrected chi connectivity index (χ2v) is 2.67. The number of hydrogen-bond acceptors (Lipinski definition) is 1. The second kappa shape index (κ2) is 3.19. The Labute approximate surface area is 70.2 Å². The summed E-state index contributed by atoms with van der Waals surface area (Å²) >= 11 is 0. The summed E-state index contributed by atoms with van der Waals surface area (Å²) in [6.45, 7) is 1.97. The van der Waals surface area contributed by atoms with Gasteiger partial charge in [0.15, 0.2) is 0 Å². The Morgan fingerprint density at radius 1 is 1.25 bits per heavy atom. The largest absolute Gasteiger partial charge is 0.326 e. The molecule has 3 heteroatoms. The number of aryl methyl sites for hydroxylation is 1. The van der Waals surface area contributed by atoms with Crippen LogP contribution in [-0.4, -0.2) is 0 Å². The first-order valence-corrected chi connectivity index (χ1v) is 3.80. The van der Waals surface area contributed by atoms with Crippen LogP contribution in [0.5, 0.6) is 0 Å². The third-order valence-corrected chi connectivity index (χ3v) is 1.75. The second-order valence-electron chi connectivity index (χ2n) is 2.67. The fraction of sp³-hybridized carbons (Fsp3) is 0.333. The van der Waals surface area contributed by atoms with Crippen LogP contribution in [0.3, 0.4) is 0 Å². The molecule has 2 N–H and O–H groups in total. The predicted octanol–water partition coefficient (Wildman–Crippen LogP) is 2.26. The summed E-state index contributed by atoms with van der Waals surface area (Å²) in [6.07, 6.45) is 0.844. The van der Waals surface area contributed by atoms with Gasteiger partial charge in [-0.1, -0.05) is 31.2 Å². The molecule has 0 unspecified atom stereocenters. The maximum atomic E-state index is 12.5. The van der Waals surface area contributed by atoms with Gasteiger partial charge in [0, 0.05) is 5.56 Å². The minimum absolute atomic E-state index is 0.139. The first-order valence-electron chi connectivity index (χ1n) is 3.80. The van der Waals surface area contributed by atoms with E-state index in [0.717, 1.165) is 12.0 Å². The minimum atomic E-state index is -3.22. The smallest absolute Gasteiger partial charge is 0.268 e. The van der Waals surface area contributed by atoms with E-state index in [0.29, 0.717) is 0 Å². The number of alkyl halides is 2. The minimum Gasteiger partial charge on any atom is -0.268 e. The van der Waals surface area contributed by atoms with Gasteiger partial charge in [-0.2, -0.15) is 8.78 Å². The van der Waals surface area contributed by atoms with Crippen molar-refractivity contribution in [2.45, 2.75) is 19.4 Å². The van der Waals surface area contributed by atoms with E-state index >= 15 is 0 Å². The van der Waals surface area contributed by atoms with Gasteiger partial charge in [0.2, 0.25) is 0 Å². The van der Waals surface area contributed by atoms with Crippen molar-refractivity contribution in [1.29, 1.82) is 0 Å². The van der Waals surface area contributed by atoms with Gasteiger partial charge >= 0.3 is 6.05 Å². The highest BCUT2D eigenvalue weighted by molar-refractivity contribution is 5.24. The molecule has 12 heavy (non-hydrogen) atoms. The van der Waals surface area contributed by atoms with Crippen LogP contribution >= 0.6 is 0 Å². The van der Waals surface area contributed by atoms with Gasteiger partial charge in [0.05, 0.1) is 0 Å². The third kappa shape index (κ3) is 2.01. The van der Waals surface area contributed by atoms with Gasteiger partial charge in [0.25, 0.3) is 0 Å². The van der Waals surface area contributed by atoms with Crippen molar-refractivity contribution in [2.24, 2.45) is 5.73 Å². The zero-order chi connectivity index (χ0) is 9.19. The monoisotopic (exact) mass is 171 g/mol. The van der Waals surface area contributed by atoms with Crippen LogP contribution < -0.4 is 5.73 Å². The van der Waals surface area contributed by atoms with Crippen LogP contribution in [0.15, 0.2) is 24.3 Å². The summed E-state index contributed by atoms with van der Waals surface area (Å²) in [5, 5.41) is 0. The summed E-state index contributed by atoms with van der Waals surface area (Å²) in [5.41, 5.74) is 5.51. The van der Waals surface area contributed by atoms with Gasteiger partial charge in [-0.25, -0.2) is 0 Å². The van der Waals surface area contributed by atoms with Crippen LogP contribution in [0.1, 0.15) is 18.1 Å². The Bertz CT molecular complexity index is 248. The first kappa shape index (κ1) is 9.13. The molecule has 0 atom stereocenters. The lowest BCUT2D eigenvalue weighted by atomic mass is 10.1. The Morgan fingerprint density at radius 3 is 2.08 bits per heavy atom. The summed E-state index contributed by atoms with van der Waals surface area (Å²) in [5.74, 6) is 0. The van der Waals surface area contributed by atoms with Crippen molar-refractivity contribution in [1.82, 2.24) is 0 Å². The molecule has 0 heterocycles. The predicted molar refractivity (Wildman–Crippen MR) is 43.9 cm³/mol. The van der Waals surface area contributed by atoms with Gasteiger partial charge < -0.3 is 0 Å². The molecule has 0 fully saturated rings. The lowest BCUT2D eigenvalue weighted by Gasteiger charge is -2.09. The van der Waals surface area contributed by atoms with Crippen molar-refractivity contribution in [3.63, 3.8) is 0 Å². The average Bonchev–Trinajstić information content (AvgIpc) is 2.03. The highest BCUT2D eigenvalue weighted by Crippen LogP contribution is 2.21. The number of hydrogen-bond donors (Lipinski definition) is 1. The van der Waals surface area contributed by atoms with Crippen molar-refractivity contribution in [3.8, 4) is 0 Å². The van der Waals surface area contributed by atoms with Crippen LogP contribution in [0.4, 0.5) is 8.78 Å². The van der Waals surface area contributed by atoms with Gasteiger partial charge in [-0.05, 0) is 12.0 Å². The van der Waals surface area contributed by atoms with Gasteiger partial charge in [-0.15, -0.1) is 0 Å². The zero-order valence-corrected chi connectivity index (χ0v) is 6.85. The molecule has 0 radical (unpaired) electrons. The molecule has 0 spiro atoms. The van der Waals surface area contributed by atoms with E-state index in [1.165, 1.54) is 12.1 Å². The molecule has 0 aliphatic heterocycles. The fourth-order valence-corrected chi connectivity index (χ4v) is 0.963. The van der Waals surface area contributed by atoms with E-state index in [-0.39, 0.29) is 5.56 Å². The molecule has 0 bridgehead atoms. The molecule has 1 rings (SSSR count). The number of rotatable bonds is 2. The van der Waals surface area contributed by atoms with Crippen molar-refractivity contribution in [2.75, 3.05) is 0 Å². The summed E-state index contributed by atoms with van der Waals surface area (Å²) in [4.78, 5) is 0. The number of nitrogens with two attached hydrogens (primary N) is 1. The maximum Gasteiger partial charge on any atom is 0.326 e. The zero-order valence-electron chi connectivity index (χ0n) is 6.85. The maximum absolute atomic E-state index is 12.5. The van der Waals surface area contributed by atoms with E-state index in [9.17, 15) is 8.78 Å². The summed E-state index contributed by atoms with van der Waals surface area (Å²) in [7, 11) is 0. The molecule has 0 saturated heterocycles. The highest BCUT2D eigenvalue weighted by atomic mass is 19.3. The van der Waals surface area contributed by atoms with Crippen LogP contribution in [-0.2, 0) is 12.5 Å². The highest BCUT2D eigenvalue weighted by Gasteiger charge is 2.24. The number of benzene rings is 1. The van der Waals surface area contributed by atoms with Crippen molar-refractivity contribution < 1.29 is 8.78 Å². The molecule has 1 nitrogen and oxygen atoms in total. The van der Waals surface area contributed by atoms with Crippen LogP contribution in [0.2, 0.25) is 0 Å². The van der Waals surface area contributed by atoms with E-state index in [4.69, 9.17) is 0 Å². The number of halogens is 2. The van der Waals surface area contributed by atoms with E-state index in [2.05, 4.69) is 5.73 Å². The van der Waals surface area contributed by atoms with Gasteiger partial charge in [-0.3, -0.25) is 5.73 Å². The fourth-order valence-electron chi connectivity index (χ4n) is 0.963. The Kier molecular flexibility index (Phi) is 2.43. The first-order chi connectivity index (χ1) is 5.54. The molecule has 0 amide bonds. The van der Waals surface area contributed by atoms with Crippen LogP contribution in [0.25, 0.3) is 0 Å². The third-order valence-electron chi connectivity index (χ3n) is 1.75. The molecule has 1 aromatic carbocycles. The lowest BCUT2D eigenvalue weighted by molar-refractivity contribution is 0.00297. The van der Waals surface area contributed by atoms with Crippen LogP contribution in [0, 0.1) is 0 Å². The van der Waals surface area contributed by atoms with Crippen molar-refractivity contribution >= 4 is 0 Å². The molecular formula is C9H11F2N.